The Kier molecular flexibility index (Phi) is 3.15. The number of fused-ring (bicyclic) bond motifs is 3. The number of nitrogens with zero attached hydrogens (tertiary/aromatic N) is 2. The van der Waals surface area contributed by atoms with Gasteiger partial charge in [-0.1, -0.05) is 17.7 Å². The highest BCUT2D eigenvalue weighted by Crippen LogP contribution is 2.34. The summed E-state index contributed by atoms with van der Waals surface area (Å²) in [6, 6.07) is 8.06. The maximum atomic E-state index is 13.1. The average Bonchev–Trinajstić information content (AvgIpc) is 2.87. The molecule has 4 rings (SSSR count). The van der Waals surface area contributed by atoms with E-state index in [-0.39, 0.29) is 5.56 Å². The van der Waals surface area contributed by atoms with Crippen molar-refractivity contribution < 1.29 is 0 Å². The fourth-order valence-corrected chi connectivity index (χ4v) is 4.60. The van der Waals surface area contributed by atoms with E-state index in [9.17, 15) is 4.79 Å². The van der Waals surface area contributed by atoms with Crippen molar-refractivity contribution >= 4 is 21.6 Å². The van der Waals surface area contributed by atoms with Crippen LogP contribution in [0.25, 0.3) is 15.9 Å². The summed E-state index contributed by atoms with van der Waals surface area (Å²) < 4.78 is 1.75. The lowest BCUT2D eigenvalue weighted by atomic mass is 9.97. The van der Waals surface area contributed by atoms with Gasteiger partial charge in [-0.2, -0.15) is 0 Å². The molecule has 0 radical (unpaired) electrons. The van der Waals surface area contributed by atoms with Gasteiger partial charge in [0, 0.05) is 4.88 Å². The molecule has 1 aliphatic rings. The molecule has 0 bridgehead atoms. The molecule has 0 amide bonds. The number of rotatable bonds is 1. The first kappa shape index (κ1) is 13.7. The summed E-state index contributed by atoms with van der Waals surface area (Å²) in [5.41, 5.74) is 3.44. The molecule has 0 saturated heterocycles. The Morgan fingerprint density at radius 2 is 1.82 bits per heavy atom. The third-order valence-electron chi connectivity index (χ3n) is 4.45. The molecule has 112 valence electrons. The molecule has 2 heterocycles. The van der Waals surface area contributed by atoms with Gasteiger partial charge in [-0.3, -0.25) is 9.36 Å². The Balaban J connectivity index is 2.03. The quantitative estimate of drug-likeness (QED) is 0.682. The van der Waals surface area contributed by atoms with E-state index in [2.05, 4.69) is 6.92 Å². The summed E-state index contributed by atoms with van der Waals surface area (Å²) in [6.45, 7) is 3.97. The maximum Gasteiger partial charge on any atom is 0.267 e. The second-order valence-corrected chi connectivity index (χ2v) is 7.11. The predicted molar refractivity (Wildman–Crippen MR) is 91.3 cm³/mol. The molecule has 3 aromatic rings. The van der Waals surface area contributed by atoms with E-state index in [1.807, 2.05) is 31.2 Å². The first-order valence-corrected chi connectivity index (χ1v) is 8.58. The SMILES string of the molecule is Cc1ccc(-n2c(C)nc3sc4c(c3c2=O)CCCC4)cc1. The number of hydrogen-bond acceptors (Lipinski definition) is 3. The van der Waals surface area contributed by atoms with Crippen molar-refractivity contribution in [1.29, 1.82) is 0 Å². The van der Waals surface area contributed by atoms with Gasteiger partial charge in [0.2, 0.25) is 0 Å². The lowest BCUT2D eigenvalue weighted by Crippen LogP contribution is -2.22. The largest absolute Gasteiger partial charge is 0.268 e. The smallest absolute Gasteiger partial charge is 0.267 e. The summed E-state index contributed by atoms with van der Waals surface area (Å²) in [5, 5.41) is 0.853. The van der Waals surface area contributed by atoms with Crippen LogP contribution in [0.2, 0.25) is 0 Å². The molecule has 3 nitrogen and oxygen atoms in total. The third kappa shape index (κ3) is 2.02. The third-order valence-corrected chi connectivity index (χ3v) is 5.63. The van der Waals surface area contributed by atoms with E-state index >= 15 is 0 Å². The first-order chi connectivity index (χ1) is 10.6. The number of aromatic nitrogens is 2. The van der Waals surface area contributed by atoms with Crippen LogP contribution in [0, 0.1) is 13.8 Å². The molecule has 22 heavy (non-hydrogen) atoms. The molecule has 0 atom stereocenters. The average molecular weight is 310 g/mol. The lowest BCUT2D eigenvalue weighted by molar-refractivity contribution is 0.699. The Labute approximate surface area is 133 Å². The lowest BCUT2D eigenvalue weighted by Gasteiger charge is -2.12. The summed E-state index contributed by atoms with van der Waals surface area (Å²) in [7, 11) is 0. The van der Waals surface area contributed by atoms with E-state index in [1.165, 1.54) is 28.8 Å². The van der Waals surface area contributed by atoms with Crippen LogP contribution in [0.15, 0.2) is 29.1 Å². The summed E-state index contributed by atoms with van der Waals surface area (Å²) in [6.07, 6.45) is 4.52. The Hall–Kier alpha value is -1.94. The monoisotopic (exact) mass is 310 g/mol. The molecule has 0 unspecified atom stereocenters. The van der Waals surface area contributed by atoms with Crippen LogP contribution in [0.3, 0.4) is 0 Å². The first-order valence-electron chi connectivity index (χ1n) is 7.76. The van der Waals surface area contributed by atoms with Gasteiger partial charge in [-0.25, -0.2) is 4.98 Å². The van der Waals surface area contributed by atoms with Crippen molar-refractivity contribution in [2.45, 2.75) is 39.5 Å². The molecule has 2 aromatic heterocycles. The fourth-order valence-electron chi connectivity index (χ4n) is 3.30. The topological polar surface area (TPSA) is 34.9 Å². The molecule has 4 heteroatoms. The molecule has 0 spiro atoms. The Morgan fingerprint density at radius 3 is 2.59 bits per heavy atom. The van der Waals surface area contributed by atoms with Gasteiger partial charge in [0.25, 0.3) is 5.56 Å². The number of benzene rings is 1. The summed E-state index contributed by atoms with van der Waals surface area (Å²) in [4.78, 5) is 20.1. The highest BCUT2D eigenvalue weighted by atomic mass is 32.1. The molecule has 1 aliphatic carbocycles. The molecular formula is C18H18N2OS. The maximum absolute atomic E-state index is 13.1. The Morgan fingerprint density at radius 1 is 1.09 bits per heavy atom. The van der Waals surface area contributed by atoms with Crippen molar-refractivity contribution in [3.05, 3.63) is 56.4 Å². The number of aryl methyl sites for hydroxylation is 4. The van der Waals surface area contributed by atoms with E-state index < -0.39 is 0 Å². The van der Waals surface area contributed by atoms with Crippen molar-refractivity contribution in [3.63, 3.8) is 0 Å². The van der Waals surface area contributed by atoms with Crippen LogP contribution in [0.1, 0.15) is 34.7 Å². The van der Waals surface area contributed by atoms with Gasteiger partial charge < -0.3 is 0 Å². The van der Waals surface area contributed by atoms with Gasteiger partial charge in [-0.05, 0) is 57.2 Å². The van der Waals surface area contributed by atoms with Crippen LogP contribution in [0.4, 0.5) is 0 Å². The van der Waals surface area contributed by atoms with Gasteiger partial charge in [0.15, 0.2) is 0 Å². The van der Waals surface area contributed by atoms with Crippen LogP contribution in [0.5, 0.6) is 0 Å². The van der Waals surface area contributed by atoms with Crippen LogP contribution in [-0.2, 0) is 12.8 Å². The van der Waals surface area contributed by atoms with Crippen LogP contribution >= 0.6 is 11.3 Å². The fraction of sp³-hybridized carbons (Fsp3) is 0.333. The van der Waals surface area contributed by atoms with E-state index in [0.29, 0.717) is 0 Å². The molecule has 1 aromatic carbocycles. The minimum Gasteiger partial charge on any atom is -0.268 e. The number of hydrogen-bond donors (Lipinski definition) is 0. The normalized spacial score (nSPS) is 14.3. The highest BCUT2D eigenvalue weighted by molar-refractivity contribution is 7.18. The van der Waals surface area contributed by atoms with E-state index in [0.717, 1.165) is 34.6 Å². The van der Waals surface area contributed by atoms with Crippen molar-refractivity contribution in [2.24, 2.45) is 0 Å². The van der Waals surface area contributed by atoms with Gasteiger partial charge in [-0.15, -0.1) is 11.3 Å². The van der Waals surface area contributed by atoms with Gasteiger partial charge in [0.05, 0.1) is 11.1 Å². The zero-order valence-corrected chi connectivity index (χ0v) is 13.7. The zero-order chi connectivity index (χ0) is 15.3. The predicted octanol–water partition coefficient (Wildman–Crippen LogP) is 3.94. The molecular weight excluding hydrogens is 292 g/mol. The minimum absolute atomic E-state index is 0.0887. The second kappa shape index (κ2) is 5.06. The Bertz CT molecular complexity index is 919. The van der Waals surface area contributed by atoms with Crippen LogP contribution < -0.4 is 5.56 Å². The molecule has 0 saturated carbocycles. The van der Waals surface area contributed by atoms with E-state index in [4.69, 9.17) is 4.98 Å². The van der Waals surface area contributed by atoms with Crippen molar-refractivity contribution in [2.75, 3.05) is 0 Å². The molecule has 0 aliphatic heterocycles. The minimum atomic E-state index is 0.0887. The van der Waals surface area contributed by atoms with Crippen molar-refractivity contribution in [1.82, 2.24) is 9.55 Å². The highest BCUT2D eigenvalue weighted by Gasteiger charge is 2.21. The van der Waals surface area contributed by atoms with Crippen LogP contribution in [-0.4, -0.2) is 9.55 Å². The zero-order valence-electron chi connectivity index (χ0n) is 12.8. The standard InChI is InChI=1S/C18H18N2OS/c1-11-7-9-13(10-8-11)20-12(2)19-17-16(18(20)21)14-5-3-4-6-15(14)22-17/h7-10H,3-6H2,1-2H3. The van der Waals surface area contributed by atoms with E-state index in [1.54, 1.807) is 15.9 Å². The number of thiophene rings is 1. The van der Waals surface area contributed by atoms with Crippen molar-refractivity contribution in [3.8, 4) is 5.69 Å². The molecule has 0 N–H and O–H groups in total. The molecule has 0 fully saturated rings. The second-order valence-electron chi connectivity index (χ2n) is 6.03. The van der Waals surface area contributed by atoms with Gasteiger partial charge in [0.1, 0.15) is 10.7 Å². The summed E-state index contributed by atoms with van der Waals surface area (Å²) >= 11 is 1.71. The van der Waals surface area contributed by atoms with Gasteiger partial charge >= 0.3 is 0 Å². The summed E-state index contributed by atoms with van der Waals surface area (Å²) in [5.74, 6) is 0.764.